The van der Waals surface area contributed by atoms with Crippen LogP contribution in [0, 0.1) is 40.0 Å². The molecule has 0 saturated heterocycles. The van der Waals surface area contributed by atoms with Gasteiger partial charge in [0.05, 0.1) is 11.2 Å². The fraction of sp³-hybridized carbons (Fsp3) is 0.209. The third-order valence-electron chi connectivity index (χ3n) is 9.36. The molecule has 4 aromatic carbocycles. The second-order valence-electron chi connectivity index (χ2n) is 12.8. The maximum atomic E-state index is 6.13. The summed E-state index contributed by atoms with van der Waals surface area (Å²) in [6, 6.07) is 26.6. The zero-order chi connectivity index (χ0) is 31.8. The molecule has 1 aromatic heterocycles. The van der Waals surface area contributed by atoms with Crippen molar-refractivity contribution in [2.24, 2.45) is 0 Å². The van der Waals surface area contributed by atoms with Crippen molar-refractivity contribution >= 4 is 40.3 Å². The van der Waals surface area contributed by atoms with E-state index in [2.05, 4.69) is 152 Å². The number of hydrogen-bond donors (Lipinski definition) is 1. The minimum absolute atomic E-state index is 0.849. The largest absolute Gasteiger partial charge is 0.347 e. The van der Waals surface area contributed by atoms with E-state index in [-0.39, 0.29) is 0 Å². The number of allylic oxidation sites excluding steroid dienone is 5. The maximum absolute atomic E-state index is 6.13. The van der Waals surface area contributed by atoms with Crippen LogP contribution in [-0.2, 0) is 0 Å². The van der Waals surface area contributed by atoms with Crippen LogP contribution in [-0.4, -0.2) is 12.3 Å². The van der Waals surface area contributed by atoms with Crippen molar-refractivity contribution < 1.29 is 0 Å². The first-order valence-corrected chi connectivity index (χ1v) is 16.0. The smallest absolute Gasteiger partial charge is 0.192 e. The monoisotopic (exact) mass is 582 g/mol. The summed E-state index contributed by atoms with van der Waals surface area (Å²) in [5.74, 6) is 2.97. The molecular formula is C43H41BN. The lowest BCUT2D eigenvalue weighted by Gasteiger charge is -2.20. The molecule has 5 aromatic rings. The minimum atomic E-state index is 0.849. The molecule has 0 atom stereocenters. The van der Waals surface area contributed by atoms with E-state index in [1.54, 1.807) is 0 Å². The molecule has 0 unspecified atom stereocenters. The number of para-hydroxylation sites is 1. The lowest BCUT2D eigenvalue weighted by molar-refractivity contribution is 0.967. The van der Waals surface area contributed by atoms with E-state index in [9.17, 15) is 0 Å². The zero-order valence-electron chi connectivity index (χ0n) is 27.7. The average molecular weight is 583 g/mol. The molecular weight excluding hydrogens is 541 g/mol. The van der Waals surface area contributed by atoms with Gasteiger partial charge in [-0.3, -0.25) is 0 Å². The van der Waals surface area contributed by atoms with Gasteiger partial charge < -0.3 is 4.98 Å². The summed E-state index contributed by atoms with van der Waals surface area (Å²) in [5, 5.41) is 1.18. The number of fused-ring (bicyclic) bond motifs is 1. The van der Waals surface area contributed by atoms with Gasteiger partial charge in [0.15, 0.2) is 7.28 Å². The summed E-state index contributed by atoms with van der Waals surface area (Å²) in [6.45, 7) is 15.5. The van der Waals surface area contributed by atoms with Crippen LogP contribution in [0.3, 0.4) is 0 Å². The number of H-pyrrole nitrogens is 1. The first kappa shape index (κ1) is 30.3. The Kier molecular flexibility index (Phi) is 8.31. The summed E-state index contributed by atoms with van der Waals surface area (Å²) < 4.78 is 0. The van der Waals surface area contributed by atoms with Gasteiger partial charge in [-0.1, -0.05) is 124 Å². The zero-order valence-corrected chi connectivity index (χ0v) is 27.7. The predicted octanol–water partition coefficient (Wildman–Crippen LogP) is 9.67. The molecule has 1 aliphatic rings. The Labute approximate surface area is 270 Å². The van der Waals surface area contributed by atoms with Crippen LogP contribution in [0.4, 0.5) is 0 Å². The molecule has 0 aliphatic heterocycles. The van der Waals surface area contributed by atoms with Gasteiger partial charge in [-0.25, -0.2) is 0 Å². The topological polar surface area (TPSA) is 15.8 Å². The Balaban J connectivity index is 1.52. The number of terminal acetylenes is 1. The van der Waals surface area contributed by atoms with Gasteiger partial charge in [-0.2, -0.15) is 0 Å². The number of aromatic amines is 1. The summed E-state index contributed by atoms with van der Waals surface area (Å²) in [5.41, 5.74) is 20.8. The van der Waals surface area contributed by atoms with E-state index in [4.69, 9.17) is 6.42 Å². The molecule has 1 nitrogen and oxygen atoms in total. The Morgan fingerprint density at radius 3 is 2.31 bits per heavy atom. The van der Waals surface area contributed by atoms with Crippen LogP contribution in [0.5, 0.6) is 0 Å². The second-order valence-corrected chi connectivity index (χ2v) is 12.8. The molecule has 1 heterocycles. The van der Waals surface area contributed by atoms with Crippen LogP contribution in [0.2, 0.25) is 0 Å². The highest BCUT2D eigenvalue weighted by Crippen LogP contribution is 2.38. The first-order chi connectivity index (χ1) is 21.7. The SMILES string of the molecule is C#Cc1[nH]c2c(-c3cc(C)cc(C)c3[B]c3cccc(C(=C(C)C)c4ccccc4C)c3C)cccc2c1C1=C(C)CCC=C1. The van der Waals surface area contributed by atoms with Crippen molar-refractivity contribution in [1.29, 1.82) is 0 Å². The van der Waals surface area contributed by atoms with Crippen molar-refractivity contribution in [1.82, 2.24) is 4.98 Å². The van der Waals surface area contributed by atoms with E-state index >= 15 is 0 Å². The molecule has 0 fully saturated rings. The van der Waals surface area contributed by atoms with Crippen molar-refractivity contribution in [3.8, 4) is 23.5 Å². The average Bonchev–Trinajstić information content (AvgIpc) is 3.40. The third-order valence-corrected chi connectivity index (χ3v) is 9.36. The number of aryl methyl sites for hydroxylation is 3. The van der Waals surface area contributed by atoms with Crippen LogP contribution in [0.1, 0.15) is 78.3 Å². The molecule has 0 spiro atoms. The van der Waals surface area contributed by atoms with Gasteiger partial charge >= 0.3 is 0 Å². The Morgan fingerprint density at radius 1 is 0.822 bits per heavy atom. The molecule has 1 N–H and O–H groups in total. The third kappa shape index (κ3) is 5.53. The summed E-state index contributed by atoms with van der Waals surface area (Å²) >= 11 is 0. The van der Waals surface area contributed by atoms with Crippen molar-refractivity contribution in [2.45, 2.75) is 61.3 Å². The molecule has 45 heavy (non-hydrogen) atoms. The summed E-state index contributed by atoms with van der Waals surface area (Å²) in [6.07, 6.45) is 12.8. The minimum Gasteiger partial charge on any atom is -0.347 e. The highest BCUT2D eigenvalue weighted by Gasteiger charge is 2.22. The summed E-state index contributed by atoms with van der Waals surface area (Å²) in [4.78, 5) is 3.68. The highest BCUT2D eigenvalue weighted by atomic mass is 14.7. The van der Waals surface area contributed by atoms with Gasteiger partial charge in [0, 0.05) is 16.5 Å². The van der Waals surface area contributed by atoms with Crippen molar-refractivity contribution in [3.63, 3.8) is 0 Å². The van der Waals surface area contributed by atoms with Gasteiger partial charge in [-0.15, -0.1) is 6.42 Å². The lowest BCUT2D eigenvalue weighted by atomic mass is 9.58. The van der Waals surface area contributed by atoms with Crippen LogP contribution in [0.25, 0.3) is 33.2 Å². The van der Waals surface area contributed by atoms with Crippen LogP contribution >= 0.6 is 0 Å². The summed E-state index contributed by atoms with van der Waals surface area (Å²) in [7, 11) is 2.38. The molecule has 0 amide bonds. The predicted molar refractivity (Wildman–Crippen MR) is 197 cm³/mol. The van der Waals surface area contributed by atoms with Gasteiger partial charge in [0.1, 0.15) is 0 Å². The van der Waals surface area contributed by atoms with E-state index in [0.29, 0.717) is 0 Å². The lowest BCUT2D eigenvalue weighted by Crippen LogP contribution is -2.33. The van der Waals surface area contributed by atoms with Crippen molar-refractivity contribution in [3.05, 3.63) is 141 Å². The number of hydrogen-bond acceptors (Lipinski definition) is 0. The van der Waals surface area contributed by atoms with E-state index in [1.165, 1.54) is 83.1 Å². The highest BCUT2D eigenvalue weighted by molar-refractivity contribution is 6.69. The van der Waals surface area contributed by atoms with Gasteiger partial charge in [0.2, 0.25) is 0 Å². The van der Waals surface area contributed by atoms with Crippen LogP contribution in [0.15, 0.2) is 96.1 Å². The van der Waals surface area contributed by atoms with Crippen molar-refractivity contribution in [2.75, 3.05) is 0 Å². The van der Waals surface area contributed by atoms with Gasteiger partial charge in [0.25, 0.3) is 0 Å². The molecule has 0 bridgehead atoms. The fourth-order valence-electron chi connectivity index (χ4n) is 7.07. The molecule has 1 radical (unpaired) electrons. The number of benzene rings is 4. The normalized spacial score (nSPS) is 12.8. The first-order valence-electron chi connectivity index (χ1n) is 16.0. The quantitative estimate of drug-likeness (QED) is 0.152. The molecule has 0 saturated carbocycles. The van der Waals surface area contributed by atoms with E-state index in [1.807, 2.05) is 0 Å². The number of nitrogens with one attached hydrogen (secondary N) is 1. The standard InChI is InChI=1S/C43H41BN/c1-9-39-41(33-19-13-11-17-29(33)6)36-22-14-21-35(43(36)45-39)37-25-27(4)24-30(7)42(37)44-38-23-15-20-34(31(38)8)40(26(2)3)32-18-12-10-16-28(32)5/h1,10,12-16,18-25,45H,11,17H2,2-8H3. The Morgan fingerprint density at radius 2 is 1.58 bits per heavy atom. The second kappa shape index (κ2) is 12.3. The number of aromatic nitrogens is 1. The molecule has 6 rings (SSSR count). The molecule has 2 heteroatoms. The maximum Gasteiger partial charge on any atom is 0.192 e. The van der Waals surface area contributed by atoms with E-state index < -0.39 is 0 Å². The Hall–Kier alpha value is -4.74. The molecule has 221 valence electrons. The Bertz CT molecular complexity index is 2100. The van der Waals surface area contributed by atoms with Gasteiger partial charge in [-0.05, 0) is 100 Å². The fourth-order valence-corrected chi connectivity index (χ4v) is 7.07. The molecule has 1 aliphatic carbocycles. The van der Waals surface area contributed by atoms with E-state index in [0.717, 1.165) is 29.6 Å². The van der Waals surface area contributed by atoms with Crippen LogP contribution < -0.4 is 10.9 Å². The number of rotatable bonds is 6.